The summed E-state index contributed by atoms with van der Waals surface area (Å²) >= 11 is 0. The SMILES string of the molecule is CN1c2ccccc2N(C)c2cc(C(C)(C)C)ccc21. The number of nitrogens with zero attached hydrogens (tertiary/aromatic N) is 2. The van der Waals surface area contributed by atoms with E-state index in [1.807, 2.05) is 0 Å². The maximum atomic E-state index is 2.32. The molecule has 0 aliphatic carbocycles. The molecule has 0 atom stereocenters. The maximum absolute atomic E-state index is 2.32. The molecule has 0 unspecified atom stereocenters. The highest BCUT2D eigenvalue weighted by Gasteiger charge is 2.25. The molecular weight excluding hydrogens is 244 g/mol. The van der Waals surface area contributed by atoms with Gasteiger partial charge in [0.05, 0.1) is 22.7 Å². The first-order chi connectivity index (χ1) is 9.39. The van der Waals surface area contributed by atoms with Crippen LogP contribution in [0.15, 0.2) is 42.5 Å². The minimum Gasteiger partial charge on any atom is -0.341 e. The summed E-state index contributed by atoms with van der Waals surface area (Å²) in [5.41, 5.74) is 6.60. The van der Waals surface area contributed by atoms with Crippen LogP contribution in [0.5, 0.6) is 0 Å². The van der Waals surface area contributed by atoms with Crippen molar-refractivity contribution >= 4 is 22.7 Å². The third kappa shape index (κ3) is 1.87. The Morgan fingerprint density at radius 2 is 1.20 bits per heavy atom. The standard InChI is InChI=1S/C18H22N2/c1-18(2,3)13-10-11-16-17(12-13)20(5)15-9-7-6-8-14(15)19(16)4/h6-12H,1-5H3. The van der Waals surface area contributed by atoms with E-state index in [-0.39, 0.29) is 5.41 Å². The zero-order valence-electron chi connectivity index (χ0n) is 12.9. The van der Waals surface area contributed by atoms with Crippen LogP contribution >= 0.6 is 0 Å². The summed E-state index contributed by atoms with van der Waals surface area (Å²) in [6.07, 6.45) is 0. The lowest BCUT2D eigenvalue weighted by Gasteiger charge is -2.37. The second kappa shape index (κ2) is 4.27. The third-order valence-electron chi connectivity index (χ3n) is 4.17. The number of hydrogen-bond donors (Lipinski definition) is 0. The maximum Gasteiger partial charge on any atom is 0.0652 e. The van der Waals surface area contributed by atoms with E-state index < -0.39 is 0 Å². The average molecular weight is 266 g/mol. The first kappa shape index (κ1) is 13.0. The van der Waals surface area contributed by atoms with Gasteiger partial charge in [0.15, 0.2) is 0 Å². The number of anilines is 4. The molecule has 0 saturated carbocycles. The molecule has 0 bridgehead atoms. The number of benzene rings is 2. The fourth-order valence-electron chi connectivity index (χ4n) is 2.83. The van der Waals surface area contributed by atoms with Gasteiger partial charge in [0.25, 0.3) is 0 Å². The predicted octanol–water partition coefficient (Wildman–Crippen LogP) is 4.83. The number of rotatable bonds is 0. The van der Waals surface area contributed by atoms with Gasteiger partial charge in [-0.15, -0.1) is 0 Å². The monoisotopic (exact) mass is 266 g/mol. The van der Waals surface area contributed by atoms with E-state index in [2.05, 4.69) is 87.1 Å². The Bertz CT molecular complexity index is 653. The Hall–Kier alpha value is -1.96. The van der Waals surface area contributed by atoms with E-state index in [1.165, 1.54) is 28.3 Å². The highest BCUT2D eigenvalue weighted by atomic mass is 15.2. The van der Waals surface area contributed by atoms with Gasteiger partial charge in [0.2, 0.25) is 0 Å². The molecule has 0 aromatic heterocycles. The molecule has 2 aromatic carbocycles. The number of para-hydroxylation sites is 2. The van der Waals surface area contributed by atoms with Gasteiger partial charge in [-0.3, -0.25) is 0 Å². The van der Waals surface area contributed by atoms with Crippen molar-refractivity contribution in [3.05, 3.63) is 48.0 Å². The summed E-state index contributed by atoms with van der Waals surface area (Å²) < 4.78 is 0. The molecule has 3 rings (SSSR count). The van der Waals surface area contributed by atoms with Crippen molar-refractivity contribution in [1.29, 1.82) is 0 Å². The Labute approximate surface area is 121 Å². The molecule has 2 nitrogen and oxygen atoms in total. The first-order valence-corrected chi connectivity index (χ1v) is 7.10. The van der Waals surface area contributed by atoms with Gasteiger partial charge in [-0.05, 0) is 35.2 Å². The molecule has 1 heterocycles. The van der Waals surface area contributed by atoms with E-state index in [1.54, 1.807) is 0 Å². The fraction of sp³-hybridized carbons (Fsp3) is 0.333. The highest BCUT2D eigenvalue weighted by Crippen LogP contribution is 2.47. The van der Waals surface area contributed by atoms with Crippen molar-refractivity contribution in [1.82, 2.24) is 0 Å². The Morgan fingerprint density at radius 3 is 1.75 bits per heavy atom. The molecule has 0 amide bonds. The van der Waals surface area contributed by atoms with Gasteiger partial charge in [-0.1, -0.05) is 39.0 Å². The molecule has 0 N–H and O–H groups in total. The largest absolute Gasteiger partial charge is 0.341 e. The molecule has 104 valence electrons. The van der Waals surface area contributed by atoms with E-state index in [0.717, 1.165) is 0 Å². The number of hydrogen-bond acceptors (Lipinski definition) is 2. The van der Waals surface area contributed by atoms with Crippen LogP contribution in [0.2, 0.25) is 0 Å². The molecule has 0 radical (unpaired) electrons. The van der Waals surface area contributed by atoms with Crippen LogP contribution in [0.3, 0.4) is 0 Å². The highest BCUT2D eigenvalue weighted by molar-refractivity contribution is 5.92. The molecule has 20 heavy (non-hydrogen) atoms. The lowest BCUT2D eigenvalue weighted by molar-refractivity contribution is 0.590. The van der Waals surface area contributed by atoms with E-state index >= 15 is 0 Å². The van der Waals surface area contributed by atoms with Crippen LogP contribution < -0.4 is 9.80 Å². The summed E-state index contributed by atoms with van der Waals surface area (Å²) in [6, 6.07) is 15.4. The van der Waals surface area contributed by atoms with Crippen LogP contribution in [-0.4, -0.2) is 14.1 Å². The first-order valence-electron chi connectivity index (χ1n) is 7.10. The topological polar surface area (TPSA) is 6.48 Å². The second-order valence-corrected chi connectivity index (χ2v) is 6.56. The van der Waals surface area contributed by atoms with Crippen molar-refractivity contribution in [3.63, 3.8) is 0 Å². The smallest absolute Gasteiger partial charge is 0.0652 e. The Balaban J connectivity index is 2.18. The fourth-order valence-corrected chi connectivity index (χ4v) is 2.83. The van der Waals surface area contributed by atoms with Gasteiger partial charge in [-0.25, -0.2) is 0 Å². The van der Waals surface area contributed by atoms with Crippen molar-refractivity contribution in [3.8, 4) is 0 Å². The quantitative estimate of drug-likeness (QED) is 0.673. The second-order valence-electron chi connectivity index (χ2n) is 6.56. The lowest BCUT2D eigenvalue weighted by Crippen LogP contribution is -2.25. The molecule has 2 aromatic rings. The van der Waals surface area contributed by atoms with Gasteiger partial charge >= 0.3 is 0 Å². The average Bonchev–Trinajstić information content (AvgIpc) is 2.43. The molecule has 0 spiro atoms. The summed E-state index contributed by atoms with van der Waals surface area (Å²) in [4.78, 5) is 4.57. The van der Waals surface area contributed by atoms with E-state index in [4.69, 9.17) is 0 Å². The summed E-state index contributed by atoms with van der Waals surface area (Å²) in [5.74, 6) is 0. The summed E-state index contributed by atoms with van der Waals surface area (Å²) in [6.45, 7) is 6.78. The molecule has 0 fully saturated rings. The van der Waals surface area contributed by atoms with Crippen molar-refractivity contribution in [2.24, 2.45) is 0 Å². The van der Waals surface area contributed by atoms with Crippen LogP contribution in [0.1, 0.15) is 26.3 Å². The van der Waals surface area contributed by atoms with E-state index in [0.29, 0.717) is 0 Å². The predicted molar refractivity (Wildman–Crippen MR) is 87.7 cm³/mol. The molecule has 1 aliphatic heterocycles. The minimum absolute atomic E-state index is 0.172. The zero-order valence-corrected chi connectivity index (χ0v) is 12.9. The van der Waals surface area contributed by atoms with Gasteiger partial charge in [0.1, 0.15) is 0 Å². The third-order valence-corrected chi connectivity index (χ3v) is 4.17. The van der Waals surface area contributed by atoms with Gasteiger partial charge < -0.3 is 9.80 Å². The van der Waals surface area contributed by atoms with Gasteiger partial charge in [-0.2, -0.15) is 0 Å². The van der Waals surface area contributed by atoms with Crippen molar-refractivity contribution in [2.75, 3.05) is 23.9 Å². The molecule has 0 saturated heterocycles. The van der Waals surface area contributed by atoms with Crippen LogP contribution in [0.4, 0.5) is 22.7 Å². The van der Waals surface area contributed by atoms with Crippen LogP contribution in [0, 0.1) is 0 Å². The van der Waals surface area contributed by atoms with Crippen LogP contribution in [0.25, 0.3) is 0 Å². The Morgan fingerprint density at radius 1 is 0.700 bits per heavy atom. The zero-order chi connectivity index (χ0) is 14.5. The lowest BCUT2D eigenvalue weighted by atomic mass is 9.86. The summed E-state index contributed by atoms with van der Waals surface area (Å²) in [7, 11) is 4.29. The summed E-state index contributed by atoms with van der Waals surface area (Å²) in [5, 5.41) is 0. The Kier molecular flexibility index (Phi) is 2.79. The molecule has 1 aliphatic rings. The molecule has 2 heteroatoms. The minimum atomic E-state index is 0.172. The van der Waals surface area contributed by atoms with E-state index in [9.17, 15) is 0 Å². The molecular formula is C18H22N2. The number of fused-ring (bicyclic) bond motifs is 2. The van der Waals surface area contributed by atoms with Crippen LogP contribution in [-0.2, 0) is 5.41 Å². The van der Waals surface area contributed by atoms with Gasteiger partial charge in [0, 0.05) is 14.1 Å². The normalized spacial score (nSPS) is 14.1. The van der Waals surface area contributed by atoms with Crippen molar-refractivity contribution < 1.29 is 0 Å². The van der Waals surface area contributed by atoms with Crippen molar-refractivity contribution in [2.45, 2.75) is 26.2 Å².